The molecule has 3 nitrogen and oxygen atoms in total. The summed E-state index contributed by atoms with van der Waals surface area (Å²) >= 11 is 0. The van der Waals surface area contributed by atoms with E-state index >= 15 is 0 Å². The summed E-state index contributed by atoms with van der Waals surface area (Å²) in [5.41, 5.74) is 1.89. The first-order chi connectivity index (χ1) is 14.1. The molecular weight excluding hydrogens is 367 g/mol. The standard InChI is InChI=1S/C25H25FO3/c1-2-17(14-16-8-12-20(26)13-9-16)22-15-21(27)24(25(28)29-22)23(19-10-11-19)18-6-4-3-5-7-18/h3-9,12-13,15,17,19,23,27H,2,10-11,14H2,1H3. The second-order valence-electron chi connectivity index (χ2n) is 7.90. The van der Waals surface area contributed by atoms with Crippen LogP contribution in [0.1, 0.15) is 60.5 Å². The fourth-order valence-corrected chi connectivity index (χ4v) is 4.11. The van der Waals surface area contributed by atoms with Gasteiger partial charge in [0.2, 0.25) is 0 Å². The van der Waals surface area contributed by atoms with Gasteiger partial charge in [0.15, 0.2) is 0 Å². The van der Waals surface area contributed by atoms with E-state index < -0.39 is 5.63 Å². The molecule has 1 saturated carbocycles. The molecule has 1 aromatic heterocycles. The number of hydrogen-bond donors (Lipinski definition) is 1. The lowest BCUT2D eigenvalue weighted by atomic mass is 9.87. The predicted molar refractivity (Wildman–Crippen MR) is 111 cm³/mol. The van der Waals surface area contributed by atoms with E-state index in [1.54, 1.807) is 18.2 Å². The Kier molecular flexibility index (Phi) is 5.52. The van der Waals surface area contributed by atoms with Crippen molar-refractivity contribution in [2.24, 2.45) is 5.92 Å². The molecule has 0 spiro atoms. The van der Waals surface area contributed by atoms with Gasteiger partial charge in [-0.2, -0.15) is 0 Å². The summed E-state index contributed by atoms with van der Waals surface area (Å²) in [5.74, 6) is 0.365. The van der Waals surface area contributed by atoms with Crippen molar-refractivity contribution in [3.63, 3.8) is 0 Å². The number of rotatable bonds is 7. The summed E-state index contributed by atoms with van der Waals surface area (Å²) in [6.45, 7) is 2.01. The topological polar surface area (TPSA) is 50.4 Å². The Morgan fingerprint density at radius 2 is 1.79 bits per heavy atom. The summed E-state index contributed by atoms with van der Waals surface area (Å²) in [6.07, 6.45) is 3.44. The van der Waals surface area contributed by atoms with Crippen molar-refractivity contribution in [1.82, 2.24) is 0 Å². The van der Waals surface area contributed by atoms with E-state index in [0.29, 0.717) is 23.7 Å². The highest BCUT2D eigenvalue weighted by molar-refractivity contribution is 5.42. The van der Waals surface area contributed by atoms with Crippen molar-refractivity contribution in [3.8, 4) is 5.75 Å². The largest absolute Gasteiger partial charge is 0.507 e. The Hall–Kier alpha value is -2.88. The van der Waals surface area contributed by atoms with Crippen molar-refractivity contribution in [2.45, 2.75) is 44.4 Å². The fraction of sp³-hybridized carbons (Fsp3) is 0.320. The van der Waals surface area contributed by atoms with Gasteiger partial charge in [-0.1, -0.05) is 49.4 Å². The zero-order valence-electron chi connectivity index (χ0n) is 16.5. The molecule has 3 aromatic rings. The van der Waals surface area contributed by atoms with Gasteiger partial charge in [0.05, 0.1) is 5.56 Å². The molecule has 0 radical (unpaired) electrons. The Morgan fingerprint density at radius 1 is 1.10 bits per heavy atom. The van der Waals surface area contributed by atoms with E-state index in [4.69, 9.17) is 4.42 Å². The second kappa shape index (κ2) is 8.24. The number of aromatic hydroxyl groups is 1. The molecule has 4 heteroatoms. The third-order valence-electron chi connectivity index (χ3n) is 5.84. The molecule has 4 rings (SSSR count). The van der Waals surface area contributed by atoms with E-state index in [1.165, 1.54) is 12.1 Å². The predicted octanol–water partition coefficient (Wildman–Crippen LogP) is 5.76. The van der Waals surface area contributed by atoms with Crippen LogP contribution in [0.15, 0.2) is 69.9 Å². The van der Waals surface area contributed by atoms with Crippen molar-refractivity contribution >= 4 is 0 Å². The van der Waals surface area contributed by atoms with E-state index in [2.05, 4.69) is 0 Å². The van der Waals surface area contributed by atoms with Crippen LogP contribution in [0.4, 0.5) is 4.39 Å². The van der Waals surface area contributed by atoms with E-state index in [9.17, 15) is 14.3 Å². The van der Waals surface area contributed by atoms with Crippen molar-refractivity contribution in [3.05, 3.63) is 99.4 Å². The van der Waals surface area contributed by atoms with Gasteiger partial charge in [0, 0.05) is 17.9 Å². The highest BCUT2D eigenvalue weighted by atomic mass is 19.1. The van der Waals surface area contributed by atoms with Crippen molar-refractivity contribution in [1.29, 1.82) is 0 Å². The first kappa shape index (κ1) is 19.4. The van der Waals surface area contributed by atoms with Gasteiger partial charge in [-0.05, 0) is 54.9 Å². The monoisotopic (exact) mass is 392 g/mol. The SMILES string of the molecule is CCC(Cc1ccc(F)cc1)c1cc(O)c(C(c2ccccc2)C2CC2)c(=O)o1. The van der Waals surface area contributed by atoms with Crippen LogP contribution in [-0.2, 0) is 6.42 Å². The lowest BCUT2D eigenvalue weighted by Crippen LogP contribution is -2.17. The minimum atomic E-state index is -0.460. The average Bonchev–Trinajstić information content (AvgIpc) is 3.55. The van der Waals surface area contributed by atoms with Gasteiger partial charge in [0.1, 0.15) is 17.3 Å². The maximum Gasteiger partial charge on any atom is 0.343 e. The highest BCUT2D eigenvalue weighted by Gasteiger charge is 2.37. The van der Waals surface area contributed by atoms with Crippen LogP contribution in [-0.4, -0.2) is 5.11 Å². The van der Waals surface area contributed by atoms with E-state index in [1.807, 2.05) is 37.3 Å². The molecule has 0 bridgehead atoms. The van der Waals surface area contributed by atoms with Crippen LogP contribution in [0.3, 0.4) is 0 Å². The highest BCUT2D eigenvalue weighted by Crippen LogP contribution is 2.47. The van der Waals surface area contributed by atoms with Gasteiger partial charge >= 0.3 is 5.63 Å². The van der Waals surface area contributed by atoms with Crippen LogP contribution in [0.25, 0.3) is 0 Å². The van der Waals surface area contributed by atoms with Gasteiger partial charge in [-0.25, -0.2) is 9.18 Å². The molecule has 2 atom stereocenters. The van der Waals surface area contributed by atoms with Crippen LogP contribution in [0.2, 0.25) is 0 Å². The Labute approximate surface area is 169 Å². The minimum Gasteiger partial charge on any atom is -0.507 e. The van der Waals surface area contributed by atoms with Crippen molar-refractivity contribution < 1.29 is 13.9 Å². The zero-order chi connectivity index (χ0) is 20.4. The van der Waals surface area contributed by atoms with Gasteiger partial charge in [-0.15, -0.1) is 0 Å². The van der Waals surface area contributed by atoms with Crippen LogP contribution in [0.5, 0.6) is 5.75 Å². The molecule has 1 N–H and O–H groups in total. The first-order valence-corrected chi connectivity index (χ1v) is 10.2. The van der Waals surface area contributed by atoms with E-state index in [0.717, 1.165) is 30.4 Å². The Bertz CT molecular complexity index is 1020. The Balaban J connectivity index is 1.67. The smallest absolute Gasteiger partial charge is 0.343 e. The molecule has 2 unspecified atom stereocenters. The average molecular weight is 392 g/mol. The fourth-order valence-electron chi connectivity index (χ4n) is 4.11. The molecule has 0 aliphatic heterocycles. The van der Waals surface area contributed by atoms with Crippen LogP contribution in [0, 0.1) is 11.7 Å². The van der Waals surface area contributed by atoms with Gasteiger partial charge < -0.3 is 9.52 Å². The molecule has 0 amide bonds. The zero-order valence-corrected chi connectivity index (χ0v) is 16.5. The maximum absolute atomic E-state index is 13.2. The second-order valence-corrected chi connectivity index (χ2v) is 7.90. The normalized spacial score (nSPS) is 15.8. The third-order valence-corrected chi connectivity index (χ3v) is 5.84. The van der Waals surface area contributed by atoms with Gasteiger partial charge in [-0.3, -0.25) is 0 Å². The summed E-state index contributed by atoms with van der Waals surface area (Å²) in [7, 11) is 0. The molecule has 2 aromatic carbocycles. The molecule has 29 heavy (non-hydrogen) atoms. The lowest BCUT2D eigenvalue weighted by Gasteiger charge is -2.19. The molecule has 1 aliphatic rings. The maximum atomic E-state index is 13.2. The third kappa shape index (κ3) is 4.26. The lowest BCUT2D eigenvalue weighted by molar-refractivity contribution is 0.379. The minimum absolute atomic E-state index is 0.00885. The Morgan fingerprint density at radius 3 is 2.38 bits per heavy atom. The van der Waals surface area contributed by atoms with Crippen LogP contribution < -0.4 is 5.63 Å². The number of benzene rings is 2. The molecule has 150 valence electrons. The number of hydrogen-bond acceptors (Lipinski definition) is 3. The van der Waals surface area contributed by atoms with Crippen molar-refractivity contribution in [2.75, 3.05) is 0 Å². The number of halogens is 1. The molecule has 0 saturated heterocycles. The molecule has 1 fully saturated rings. The molecule has 1 heterocycles. The molecular formula is C25H25FO3. The summed E-state index contributed by atoms with van der Waals surface area (Å²) < 4.78 is 18.9. The molecule has 1 aliphatic carbocycles. The van der Waals surface area contributed by atoms with Crippen LogP contribution >= 0.6 is 0 Å². The van der Waals surface area contributed by atoms with Gasteiger partial charge in [0.25, 0.3) is 0 Å². The van der Waals surface area contributed by atoms with E-state index in [-0.39, 0.29) is 23.4 Å². The summed E-state index contributed by atoms with van der Waals surface area (Å²) in [4.78, 5) is 12.9. The quantitative estimate of drug-likeness (QED) is 0.556. The summed E-state index contributed by atoms with van der Waals surface area (Å²) in [6, 6.07) is 17.8. The summed E-state index contributed by atoms with van der Waals surface area (Å²) in [5, 5.41) is 10.8. The first-order valence-electron chi connectivity index (χ1n) is 10.2.